The van der Waals surface area contributed by atoms with Crippen molar-refractivity contribution in [2.45, 2.75) is 25.3 Å². The Balaban J connectivity index is 1.25. The van der Waals surface area contributed by atoms with Crippen molar-refractivity contribution >= 4 is 16.9 Å². The maximum atomic E-state index is 13.6. The van der Waals surface area contributed by atoms with E-state index in [1.807, 2.05) is 24.5 Å². The van der Waals surface area contributed by atoms with Crippen LogP contribution in [0.5, 0.6) is 0 Å². The second-order valence-electron chi connectivity index (χ2n) is 7.79. The van der Waals surface area contributed by atoms with Gasteiger partial charge in [-0.2, -0.15) is 0 Å². The molecule has 27 heavy (non-hydrogen) atoms. The SMILES string of the molecule is Fc1ccc2[nH]cc(C[C@@H]3CCC4CN(c5ncccn5)CCN4C3)c2c1. The van der Waals surface area contributed by atoms with Gasteiger partial charge in [-0.15, -0.1) is 0 Å². The number of hydrogen-bond donors (Lipinski definition) is 1. The number of rotatable bonds is 3. The third-order valence-corrected chi connectivity index (χ3v) is 6.08. The molecule has 0 radical (unpaired) electrons. The predicted molar refractivity (Wildman–Crippen MR) is 104 cm³/mol. The highest BCUT2D eigenvalue weighted by Gasteiger charge is 2.33. The lowest BCUT2D eigenvalue weighted by molar-refractivity contribution is 0.0952. The monoisotopic (exact) mass is 365 g/mol. The fourth-order valence-electron chi connectivity index (χ4n) is 4.69. The summed E-state index contributed by atoms with van der Waals surface area (Å²) in [5.74, 6) is 1.31. The van der Waals surface area contributed by atoms with E-state index in [4.69, 9.17) is 0 Å². The van der Waals surface area contributed by atoms with E-state index in [9.17, 15) is 4.39 Å². The lowest BCUT2D eigenvalue weighted by Crippen LogP contribution is -2.57. The molecule has 0 spiro atoms. The summed E-state index contributed by atoms with van der Waals surface area (Å²) in [6.07, 6.45) is 9.11. The zero-order valence-electron chi connectivity index (χ0n) is 15.3. The largest absolute Gasteiger partial charge is 0.361 e. The van der Waals surface area contributed by atoms with Gasteiger partial charge in [-0.25, -0.2) is 14.4 Å². The fraction of sp³-hybridized carbons (Fsp3) is 0.429. The first kappa shape index (κ1) is 16.7. The van der Waals surface area contributed by atoms with E-state index >= 15 is 0 Å². The third kappa shape index (κ3) is 3.30. The average Bonchev–Trinajstić information content (AvgIpc) is 3.10. The van der Waals surface area contributed by atoms with Crippen LogP contribution in [0.15, 0.2) is 42.9 Å². The number of aromatic nitrogens is 3. The minimum Gasteiger partial charge on any atom is -0.361 e. The molecule has 1 unspecified atom stereocenters. The van der Waals surface area contributed by atoms with Crippen LogP contribution in [0.1, 0.15) is 18.4 Å². The molecule has 5 nitrogen and oxygen atoms in total. The molecule has 1 N–H and O–H groups in total. The quantitative estimate of drug-likeness (QED) is 0.774. The standard InChI is InChI=1S/C21H24FN5/c22-17-3-5-20-19(11-17)16(12-25-20)10-15-2-4-18-14-27(9-8-26(18)13-15)21-23-6-1-7-24-21/h1,3,5-7,11-12,15,18,25H,2,4,8-10,13-14H2/t15-,18?/m0/s1. The summed E-state index contributed by atoms with van der Waals surface area (Å²) < 4.78 is 13.6. The third-order valence-electron chi connectivity index (χ3n) is 6.08. The summed E-state index contributed by atoms with van der Waals surface area (Å²) in [6.45, 7) is 4.17. The lowest BCUT2D eigenvalue weighted by atomic mass is 9.87. The van der Waals surface area contributed by atoms with Crippen LogP contribution in [-0.2, 0) is 6.42 Å². The Morgan fingerprint density at radius 1 is 1.11 bits per heavy atom. The van der Waals surface area contributed by atoms with Crippen LogP contribution < -0.4 is 4.90 Å². The summed E-state index contributed by atoms with van der Waals surface area (Å²) in [4.78, 5) is 17.0. The number of nitrogens with one attached hydrogen (secondary N) is 1. The number of halogens is 1. The van der Waals surface area contributed by atoms with E-state index in [2.05, 4.69) is 30.9 Å². The van der Waals surface area contributed by atoms with E-state index in [0.717, 1.165) is 49.5 Å². The predicted octanol–water partition coefficient (Wildman–Crippen LogP) is 3.24. The molecular formula is C21H24FN5. The van der Waals surface area contributed by atoms with Gasteiger partial charge in [-0.3, -0.25) is 4.90 Å². The van der Waals surface area contributed by atoms with E-state index in [1.54, 1.807) is 6.07 Å². The number of fused-ring (bicyclic) bond motifs is 2. The molecule has 0 amide bonds. The fourth-order valence-corrected chi connectivity index (χ4v) is 4.69. The van der Waals surface area contributed by atoms with Gasteiger partial charge in [-0.1, -0.05) is 0 Å². The van der Waals surface area contributed by atoms with Gasteiger partial charge in [0.2, 0.25) is 5.95 Å². The molecule has 1 aromatic carbocycles. The number of hydrogen-bond acceptors (Lipinski definition) is 4. The van der Waals surface area contributed by atoms with Gasteiger partial charge >= 0.3 is 0 Å². The maximum absolute atomic E-state index is 13.6. The van der Waals surface area contributed by atoms with Crippen LogP contribution in [0.2, 0.25) is 0 Å². The smallest absolute Gasteiger partial charge is 0.225 e. The number of H-pyrrole nitrogens is 1. The van der Waals surface area contributed by atoms with Crippen LogP contribution >= 0.6 is 0 Å². The molecule has 6 heteroatoms. The Bertz CT molecular complexity index is 925. The van der Waals surface area contributed by atoms with E-state index in [1.165, 1.54) is 24.5 Å². The maximum Gasteiger partial charge on any atom is 0.225 e. The van der Waals surface area contributed by atoms with Crippen molar-refractivity contribution in [1.29, 1.82) is 0 Å². The number of aromatic amines is 1. The molecule has 2 aromatic heterocycles. The van der Waals surface area contributed by atoms with Gasteiger partial charge in [0.15, 0.2) is 0 Å². The molecule has 5 rings (SSSR count). The summed E-state index contributed by atoms with van der Waals surface area (Å²) in [7, 11) is 0. The first-order valence-electron chi connectivity index (χ1n) is 9.78. The highest BCUT2D eigenvalue weighted by Crippen LogP contribution is 2.30. The first-order chi connectivity index (χ1) is 13.3. The summed E-state index contributed by atoms with van der Waals surface area (Å²) in [5, 5.41) is 1.03. The Morgan fingerprint density at radius 3 is 2.89 bits per heavy atom. The van der Waals surface area contributed by atoms with E-state index in [0.29, 0.717) is 12.0 Å². The molecule has 4 heterocycles. The molecule has 2 saturated heterocycles. The van der Waals surface area contributed by atoms with Gasteiger partial charge in [0.25, 0.3) is 0 Å². The average molecular weight is 365 g/mol. The van der Waals surface area contributed by atoms with E-state index < -0.39 is 0 Å². The second kappa shape index (κ2) is 6.93. The molecule has 2 atom stereocenters. The lowest BCUT2D eigenvalue weighted by Gasteiger charge is -2.46. The molecule has 0 bridgehead atoms. The van der Waals surface area contributed by atoms with E-state index in [-0.39, 0.29) is 5.82 Å². The normalized spacial score (nSPS) is 23.5. The summed E-state index contributed by atoms with van der Waals surface area (Å²) in [5.41, 5.74) is 2.26. The van der Waals surface area contributed by atoms with Gasteiger partial charge < -0.3 is 9.88 Å². The Morgan fingerprint density at radius 2 is 2.00 bits per heavy atom. The Kier molecular flexibility index (Phi) is 4.28. The Labute approximate surface area is 158 Å². The molecule has 0 saturated carbocycles. The number of piperazine rings is 1. The van der Waals surface area contributed by atoms with Crippen molar-refractivity contribution in [3.63, 3.8) is 0 Å². The topological polar surface area (TPSA) is 48.1 Å². The van der Waals surface area contributed by atoms with Gasteiger partial charge in [0, 0.05) is 61.7 Å². The minimum atomic E-state index is -0.161. The molecule has 2 aliphatic heterocycles. The second-order valence-corrected chi connectivity index (χ2v) is 7.79. The highest BCUT2D eigenvalue weighted by molar-refractivity contribution is 5.83. The molecule has 2 fully saturated rings. The zero-order chi connectivity index (χ0) is 18.2. The van der Waals surface area contributed by atoms with Crippen LogP contribution in [0, 0.1) is 11.7 Å². The highest BCUT2D eigenvalue weighted by atomic mass is 19.1. The number of benzene rings is 1. The number of piperidine rings is 1. The van der Waals surface area contributed by atoms with Crippen LogP contribution in [-0.4, -0.2) is 52.1 Å². The van der Waals surface area contributed by atoms with Gasteiger partial charge in [-0.05, 0) is 55.0 Å². The molecule has 3 aromatic rings. The summed E-state index contributed by atoms with van der Waals surface area (Å²) >= 11 is 0. The minimum absolute atomic E-state index is 0.161. The molecular weight excluding hydrogens is 341 g/mol. The molecule has 2 aliphatic rings. The van der Waals surface area contributed by atoms with Crippen molar-refractivity contribution in [1.82, 2.24) is 19.9 Å². The van der Waals surface area contributed by atoms with Crippen LogP contribution in [0.4, 0.5) is 10.3 Å². The van der Waals surface area contributed by atoms with Crippen molar-refractivity contribution < 1.29 is 4.39 Å². The molecule has 0 aliphatic carbocycles. The van der Waals surface area contributed by atoms with Crippen molar-refractivity contribution in [3.8, 4) is 0 Å². The van der Waals surface area contributed by atoms with Crippen molar-refractivity contribution in [3.05, 3.63) is 54.2 Å². The molecule has 140 valence electrons. The number of nitrogens with zero attached hydrogens (tertiary/aromatic N) is 4. The van der Waals surface area contributed by atoms with Crippen LogP contribution in [0.3, 0.4) is 0 Å². The first-order valence-corrected chi connectivity index (χ1v) is 9.78. The van der Waals surface area contributed by atoms with Crippen molar-refractivity contribution in [2.24, 2.45) is 5.92 Å². The van der Waals surface area contributed by atoms with Gasteiger partial charge in [0.1, 0.15) is 5.82 Å². The Hall–Kier alpha value is -2.47. The zero-order valence-corrected chi connectivity index (χ0v) is 15.3. The number of anilines is 1. The van der Waals surface area contributed by atoms with Gasteiger partial charge in [0.05, 0.1) is 0 Å². The summed E-state index contributed by atoms with van der Waals surface area (Å²) in [6, 6.07) is 7.45. The van der Waals surface area contributed by atoms with Crippen LogP contribution in [0.25, 0.3) is 10.9 Å². The van der Waals surface area contributed by atoms with Crippen molar-refractivity contribution in [2.75, 3.05) is 31.1 Å².